The quantitative estimate of drug-likeness (QED) is 0.911. The van der Waals surface area contributed by atoms with Crippen LogP contribution in [0.15, 0.2) is 18.2 Å². The minimum absolute atomic E-state index is 0.407. The maximum Gasteiger partial charge on any atom is 0.101 e. The summed E-state index contributed by atoms with van der Waals surface area (Å²) in [5.41, 5.74) is 1.51. The highest BCUT2D eigenvalue weighted by Crippen LogP contribution is 2.23. The van der Waals surface area contributed by atoms with E-state index in [4.69, 9.17) is 16.9 Å². The first-order valence-corrected chi connectivity index (χ1v) is 6.79. The molecule has 1 aromatic carbocycles. The predicted octanol–water partition coefficient (Wildman–Crippen LogP) is 3.11. The molecule has 1 fully saturated rings. The minimum Gasteiger partial charge on any atom is -0.380 e. The Morgan fingerprint density at radius 1 is 1.56 bits per heavy atom. The number of rotatable bonds is 3. The van der Waals surface area contributed by atoms with Crippen molar-refractivity contribution in [3.05, 3.63) is 28.8 Å². The molecule has 1 N–H and O–H groups in total. The van der Waals surface area contributed by atoms with E-state index in [-0.39, 0.29) is 0 Å². The maximum absolute atomic E-state index is 9.09. The van der Waals surface area contributed by atoms with Crippen molar-refractivity contribution in [2.75, 3.05) is 25.0 Å². The number of likely N-dealkylation sites (N-methyl/N-ethyl adjacent to an activating group) is 1. The normalized spacial score (nSPS) is 20.4. The van der Waals surface area contributed by atoms with Crippen LogP contribution in [0.5, 0.6) is 0 Å². The zero-order valence-electron chi connectivity index (χ0n) is 10.6. The number of halogens is 1. The Morgan fingerprint density at radius 3 is 3.11 bits per heavy atom. The van der Waals surface area contributed by atoms with Crippen LogP contribution in [0.2, 0.25) is 5.02 Å². The monoisotopic (exact) mass is 263 g/mol. The Balaban J connectivity index is 2.09. The molecule has 0 radical (unpaired) electrons. The largest absolute Gasteiger partial charge is 0.380 e. The van der Waals surface area contributed by atoms with Gasteiger partial charge in [0.05, 0.1) is 11.3 Å². The van der Waals surface area contributed by atoms with E-state index in [2.05, 4.69) is 23.2 Å². The lowest BCUT2D eigenvalue weighted by molar-refractivity contribution is 0.227. The van der Waals surface area contributed by atoms with Crippen molar-refractivity contribution in [1.29, 1.82) is 5.26 Å². The van der Waals surface area contributed by atoms with Crippen LogP contribution in [0.25, 0.3) is 0 Å². The van der Waals surface area contributed by atoms with Crippen molar-refractivity contribution in [3.8, 4) is 6.07 Å². The van der Waals surface area contributed by atoms with E-state index in [1.807, 2.05) is 6.07 Å². The molecule has 1 unspecified atom stereocenters. The lowest BCUT2D eigenvalue weighted by Crippen LogP contribution is -2.41. The maximum atomic E-state index is 9.09. The third-order valence-electron chi connectivity index (χ3n) is 3.41. The first-order valence-electron chi connectivity index (χ1n) is 6.41. The summed E-state index contributed by atoms with van der Waals surface area (Å²) >= 11 is 5.99. The van der Waals surface area contributed by atoms with Crippen LogP contribution in [-0.2, 0) is 0 Å². The molecule has 4 heteroatoms. The van der Waals surface area contributed by atoms with Crippen molar-refractivity contribution in [2.24, 2.45) is 0 Å². The average molecular weight is 264 g/mol. The first-order chi connectivity index (χ1) is 8.72. The summed E-state index contributed by atoms with van der Waals surface area (Å²) in [6.45, 7) is 5.48. The summed E-state index contributed by atoms with van der Waals surface area (Å²) in [5.74, 6) is 0. The van der Waals surface area contributed by atoms with Crippen LogP contribution in [0.4, 0.5) is 5.69 Å². The van der Waals surface area contributed by atoms with Crippen molar-refractivity contribution >= 4 is 17.3 Å². The van der Waals surface area contributed by atoms with E-state index in [1.54, 1.807) is 12.1 Å². The van der Waals surface area contributed by atoms with Crippen molar-refractivity contribution in [2.45, 2.75) is 25.8 Å². The smallest absolute Gasteiger partial charge is 0.101 e. The molecule has 1 aromatic rings. The van der Waals surface area contributed by atoms with Crippen LogP contribution in [-0.4, -0.2) is 30.6 Å². The Hall–Kier alpha value is -1.24. The highest BCUT2D eigenvalue weighted by molar-refractivity contribution is 6.30. The number of benzene rings is 1. The van der Waals surface area contributed by atoms with Crippen molar-refractivity contribution in [3.63, 3.8) is 0 Å². The van der Waals surface area contributed by atoms with E-state index in [0.717, 1.165) is 25.2 Å². The van der Waals surface area contributed by atoms with E-state index in [0.29, 0.717) is 16.6 Å². The molecule has 0 spiro atoms. The van der Waals surface area contributed by atoms with Crippen molar-refractivity contribution < 1.29 is 0 Å². The fourth-order valence-electron chi connectivity index (χ4n) is 2.41. The zero-order chi connectivity index (χ0) is 13.0. The number of nitrogens with zero attached hydrogens (tertiary/aromatic N) is 2. The van der Waals surface area contributed by atoms with Gasteiger partial charge in [0.25, 0.3) is 0 Å². The second kappa shape index (κ2) is 6.08. The molecule has 2 rings (SSSR count). The molecule has 0 saturated carbocycles. The Labute approximate surface area is 113 Å². The van der Waals surface area contributed by atoms with Gasteiger partial charge in [0.1, 0.15) is 6.07 Å². The SMILES string of the molecule is CCN1CCCC(Nc2cc(Cl)ccc2C#N)C1. The van der Waals surface area contributed by atoms with Crippen LogP contribution < -0.4 is 5.32 Å². The number of likely N-dealkylation sites (tertiary alicyclic amines) is 1. The number of nitriles is 1. The highest BCUT2D eigenvalue weighted by Gasteiger charge is 2.19. The fraction of sp³-hybridized carbons (Fsp3) is 0.500. The zero-order valence-corrected chi connectivity index (χ0v) is 11.4. The summed E-state index contributed by atoms with van der Waals surface area (Å²) in [6.07, 6.45) is 2.35. The molecule has 0 aromatic heterocycles. The van der Waals surface area contributed by atoms with E-state index >= 15 is 0 Å². The molecule has 3 nitrogen and oxygen atoms in total. The Bertz CT molecular complexity index is 453. The molecule has 0 bridgehead atoms. The molecule has 1 heterocycles. The van der Waals surface area contributed by atoms with Gasteiger partial charge >= 0.3 is 0 Å². The molecule has 18 heavy (non-hydrogen) atoms. The van der Waals surface area contributed by atoms with Crippen LogP contribution in [0.3, 0.4) is 0 Å². The van der Waals surface area contributed by atoms with Gasteiger partial charge in [0.15, 0.2) is 0 Å². The van der Waals surface area contributed by atoms with Gasteiger partial charge < -0.3 is 10.2 Å². The number of nitrogens with one attached hydrogen (secondary N) is 1. The summed E-state index contributed by atoms with van der Waals surface area (Å²) in [4.78, 5) is 2.43. The molecule has 96 valence electrons. The molecule has 0 aliphatic carbocycles. The standard InChI is InChI=1S/C14H18ClN3/c1-2-18-7-3-4-13(10-18)17-14-8-12(15)6-5-11(14)9-16/h5-6,8,13,17H,2-4,7,10H2,1H3. The van der Waals surface area contributed by atoms with E-state index < -0.39 is 0 Å². The summed E-state index contributed by atoms with van der Waals surface area (Å²) in [6, 6.07) is 7.97. The van der Waals surface area contributed by atoms with Crippen LogP contribution in [0, 0.1) is 11.3 Å². The number of piperidine rings is 1. The molecule has 1 atom stereocenters. The second-order valence-corrected chi connectivity index (χ2v) is 5.11. The van der Waals surface area contributed by atoms with Gasteiger partial charge in [-0.05, 0) is 44.1 Å². The topological polar surface area (TPSA) is 39.1 Å². The Morgan fingerprint density at radius 2 is 2.39 bits per heavy atom. The van der Waals surface area contributed by atoms with Crippen molar-refractivity contribution in [1.82, 2.24) is 4.90 Å². The van der Waals surface area contributed by atoms with Crippen LogP contribution >= 0.6 is 11.6 Å². The molecular weight excluding hydrogens is 246 g/mol. The first kappa shape index (κ1) is 13.2. The van der Waals surface area contributed by atoms with Gasteiger partial charge in [-0.2, -0.15) is 5.26 Å². The molecule has 0 amide bonds. The minimum atomic E-state index is 0.407. The summed E-state index contributed by atoms with van der Waals surface area (Å²) < 4.78 is 0. The van der Waals surface area contributed by atoms with Gasteiger partial charge in [-0.1, -0.05) is 18.5 Å². The fourth-order valence-corrected chi connectivity index (χ4v) is 2.59. The molecule has 1 aliphatic heterocycles. The van der Waals surface area contributed by atoms with Gasteiger partial charge in [-0.15, -0.1) is 0 Å². The number of hydrogen-bond acceptors (Lipinski definition) is 3. The third kappa shape index (κ3) is 3.16. The second-order valence-electron chi connectivity index (χ2n) is 4.68. The third-order valence-corrected chi connectivity index (χ3v) is 3.65. The lowest BCUT2D eigenvalue weighted by Gasteiger charge is -2.33. The molecule has 1 saturated heterocycles. The van der Waals surface area contributed by atoms with E-state index in [9.17, 15) is 0 Å². The Kier molecular flexibility index (Phi) is 4.46. The van der Waals surface area contributed by atoms with Gasteiger partial charge in [0.2, 0.25) is 0 Å². The van der Waals surface area contributed by atoms with Gasteiger partial charge in [-0.3, -0.25) is 0 Å². The van der Waals surface area contributed by atoms with Crippen LogP contribution in [0.1, 0.15) is 25.3 Å². The molecule has 1 aliphatic rings. The lowest BCUT2D eigenvalue weighted by atomic mass is 10.0. The highest BCUT2D eigenvalue weighted by atomic mass is 35.5. The molecular formula is C14H18ClN3. The number of anilines is 1. The number of hydrogen-bond donors (Lipinski definition) is 1. The van der Waals surface area contributed by atoms with Gasteiger partial charge in [-0.25, -0.2) is 0 Å². The summed E-state index contributed by atoms with van der Waals surface area (Å²) in [5, 5.41) is 13.2. The van der Waals surface area contributed by atoms with E-state index in [1.165, 1.54) is 13.0 Å². The van der Waals surface area contributed by atoms with Gasteiger partial charge in [0, 0.05) is 17.6 Å². The predicted molar refractivity (Wildman–Crippen MR) is 74.9 cm³/mol. The average Bonchev–Trinajstić information content (AvgIpc) is 2.39. The summed E-state index contributed by atoms with van der Waals surface area (Å²) in [7, 11) is 0.